The van der Waals surface area contributed by atoms with Crippen LogP contribution in [0.4, 0.5) is 0 Å². The van der Waals surface area contributed by atoms with Crippen molar-refractivity contribution in [3.8, 4) is 0 Å². The van der Waals surface area contributed by atoms with E-state index in [1.165, 1.54) is 161 Å². The highest BCUT2D eigenvalue weighted by molar-refractivity contribution is 5.76. The van der Waals surface area contributed by atoms with Gasteiger partial charge in [0.2, 0.25) is 5.91 Å². The fourth-order valence-corrected chi connectivity index (χ4v) is 9.31. The topological polar surface area (TPSA) is 228 Å². The van der Waals surface area contributed by atoms with Crippen LogP contribution in [0.5, 0.6) is 0 Å². The van der Waals surface area contributed by atoms with E-state index >= 15 is 0 Å². The van der Waals surface area contributed by atoms with Gasteiger partial charge in [0.25, 0.3) is 0 Å². The number of unbranched alkanes of at least 4 members (excludes halogenated alkanes) is 29. The van der Waals surface area contributed by atoms with E-state index in [1.54, 1.807) is 6.08 Å². The summed E-state index contributed by atoms with van der Waals surface area (Å²) in [6.45, 7) is 2.76. The summed E-state index contributed by atoms with van der Waals surface area (Å²) < 4.78 is 22.7. The van der Waals surface area contributed by atoms with Gasteiger partial charge in [0.15, 0.2) is 12.6 Å². The van der Waals surface area contributed by atoms with Gasteiger partial charge in [-0.1, -0.05) is 212 Å². The standard InChI is InChI=1S/C55H103NO13/c1-3-5-7-9-11-13-15-16-17-18-19-20-21-22-23-24-25-26-27-28-29-30-32-34-36-38-44(59)43(56-47(60)39-37-35-33-31-14-12-10-8-6-4-2)42-66-54-52(65)50(63)53(46(41-58)68-54)69-55-51(64)49(62)48(61)45(40-57)67-55/h29-30,36,38,43-46,48-55,57-59,61-65H,3-28,31-35,37,39-42H2,1-2H3,(H,56,60)/b30-29+,38-36+. The van der Waals surface area contributed by atoms with Crippen molar-refractivity contribution in [3.05, 3.63) is 24.3 Å². The number of carbonyl (C=O) groups excluding carboxylic acids is 1. The van der Waals surface area contributed by atoms with Crippen molar-refractivity contribution in [1.29, 1.82) is 0 Å². The Bertz CT molecular complexity index is 1260. The number of aliphatic hydroxyl groups excluding tert-OH is 8. The minimum atomic E-state index is -1.79. The van der Waals surface area contributed by atoms with E-state index in [1.807, 2.05) is 6.08 Å². The van der Waals surface area contributed by atoms with Gasteiger partial charge >= 0.3 is 0 Å². The molecule has 0 aromatic heterocycles. The largest absolute Gasteiger partial charge is 0.394 e. The van der Waals surface area contributed by atoms with E-state index in [4.69, 9.17) is 18.9 Å². The maximum atomic E-state index is 13.1. The molecule has 2 aliphatic heterocycles. The summed E-state index contributed by atoms with van der Waals surface area (Å²) in [5.41, 5.74) is 0. The smallest absolute Gasteiger partial charge is 0.220 e. The Morgan fingerprint density at radius 2 is 0.928 bits per heavy atom. The summed E-state index contributed by atoms with van der Waals surface area (Å²) in [6, 6.07) is -0.926. The minimum Gasteiger partial charge on any atom is -0.394 e. The van der Waals surface area contributed by atoms with Crippen molar-refractivity contribution in [2.24, 2.45) is 0 Å². The monoisotopic (exact) mass is 986 g/mol. The number of rotatable bonds is 44. The molecule has 0 saturated carbocycles. The fraction of sp³-hybridized carbons (Fsp3) is 0.909. The maximum absolute atomic E-state index is 13.1. The second-order valence-electron chi connectivity index (χ2n) is 20.1. The zero-order valence-corrected chi connectivity index (χ0v) is 43.3. The zero-order valence-electron chi connectivity index (χ0n) is 43.3. The lowest BCUT2D eigenvalue weighted by molar-refractivity contribution is -0.359. The molecule has 0 bridgehead atoms. The SMILES string of the molecule is CCCCCCCCCCCCCCCCCCCCC/C=C/CC/C=C/C(O)C(COC1OC(CO)C(OC2OC(CO)C(O)C(O)C2O)C(O)C1O)NC(=O)CCCCCCCCCCCC. The Labute approximate surface area is 418 Å². The van der Waals surface area contributed by atoms with Gasteiger partial charge in [0.1, 0.15) is 48.8 Å². The Morgan fingerprint density at radius 1 is 0.507 bits per heavy atom. The van der Waals surface area contributed by atoms with Crippen LogP contribution in [0, 0.1) is 0 Å². The molecule has 0 aromatic rings. The van der Waals surface area contributed by atoms with E-state index in [9.17, 15) is 45.6 Å². The molecular formula is C55H103NO13. The molecule has 2 fully saturated rings. The fourth-order valence-electron chi connectivity index (χ4n) is 9.31. The lowest BCUT2D eigenvalue weighted by atomic mass is 9.97. The Kier molecular flexibility index (Phi) is 38.6. The van der Waals surface area contributed by atoms with Gasteiger partial charge in [0, 0.05) is 6.42 Å². The van der Waals surface area contributed by atoms with Gasteiger partial charge in [-0.25, -0.2) is 0 Å². The minimum absolute atomic E-state index is 0.250. The van der Waals surface area contributed by atoms with E-state index in [2.05, 4.69) is 31.3 Å². The summed E-state index contributed by atoms with van der Waals surface area (Å²) >= 11 is 0. The van der Waals surface area contributed by atoms with Gasteiger partial charge in [-0.15, -0.1) is 0 Å². The first-order chi connectivity index (χ1) is 33.6. The van der Waals surface area contributed by atoms with Gasteiger partial charge in [-0.05, 0) is 32.1 Å². The predicted octanol–water partition coefficient (Wildman–Crippen LogP) is 8.50. The van der Waals surface area contributed by atoms with E-state index in [0.717, 1.165) is 32.1 Å². The molecule has 1 amide bonds. The van der Waals surface area contributed by atoms with E-state index in [0.29, 0.717) is 12.8 Å². The molecule has 9 N–H and O–H groups in total. The average molecular weight is 986 g/mol. The Morgan fingerprint density at radius 3 is 1.42 bits per heavy atom. The predicted molar refractivity (Wildman–Crippen MR) is 272 cm³/mol. The Hall–Kier alpha value is -1.53. The number of amides is 1. The molecule has 0 radical (unpaired) electrons. The molecule has 14 nitrogen and oxygen atoms in total. The molecule has 69 heavy (non-hydrogen) atoms. The van der Waals surface area contributed by atoms with Crippen LogP contribution < -0.4 is 5.32 Å². The molecule has 12 unspecified atom stereocenters. The first-order valence-electron chi connectivity index (χ1n) is 28.1. The number of allylic oxidation sites excluding steroid dienone is 3. The van der Waals surface area contributed by atoms with Crippen LogP contribution >= 0.6 is 0 Å². The number of carbonyl (C=O) groups is 1. The summed E-state index contributed by atoms with van der Waals surface area (Å²) in [5, 5.41) is 86.8. The van der Waals surface area contributed by atoms with Crippen molar-refractivity contribution in [2.45, 2.75) is 299 Å². The van der Waals surface area contributed by atoms with Crippen molar-refractivity contribution in [2.75, 3.05) is 19.8 Å². The number of ether oxygens (including phenoxy) is 4. The third-order valence-corrected chi connectivity index (χ3v) is 13.9. The summed E-state index contributed by atoms with van der Waals surface area (Å²) in [4.78, 5) is 13.1. The van der Waals surface area contributed by atoms with Crippen LogP contribution in [0.3, 0.4) is 0 Å². The number of nitrogens with one attached hydrogen (secondary N) is 1. The molecule has 0 spiro atoms. The zero-order chi connectivity index (χ0) is 50.3. The van der Waals surface area contributed by atoms with E-state index in [-0.39, 0.29) is 18.9 Å². The highest BCUT2D eigenvalue weighted by atomic mass is 16.7. The third-order valence-electron chi connectivity index (χ3n) is 13.9. The molecule has 406 valence electrons. The lowest BCUT2D eigenvalue weighted by Gasteiger charge is -2.46. The molecule has 0 aromatic carbocycles. The molecule has 2 rings (SSSR count). The summed E-state index contributed by atoms with van der Waals surface area (Å²) in [5.74, 6) is -0.250. The highest BCUT2D eigenvalue weighted by Crippen LogP contribution is 2.30. The van der Waals surface area contributed by atoms with Crippen LogP contribution in [-0.2, 0) is 23.7 Å². The van der Waals surface area contributed by atoms with Crippen LogP contribution in [0.25, 0.3) is 0 Å². The maximum Gasteiger partial charge on any atom is 0.220 e. The van der Waals surface area contributed by atoms with Crippen molar-refractivity contribution in [1.82, 2.24) is 5.32 Å². The first-order valence-corrected chi connectivity index (χ1v) is 28.1. The lowest BCUT2D eigenvalue weighted by Crippen LogP contribution is -2.65. The van der Waals surface area contributed by atoms with Crippen LogP contribution in [0.2, 0.25) is 0 Å². The highest BCUT2D eigenvalue weighted by Gasteiger charge is 2.51. The quantitative estimate of drug-likeness (QED) is 0.0206. The first kappa shape index (κ1) is 63.6. The molecule has 14 heteroatoms. The molecule has 0 aliphatic carbocycles. The molecule has 12 atom stereocenters. The van der Waals surface area contributed by atoms with E-state index < -0.39 is 86.8 Å². The number of hydrogen-bond acceptors (Lipinski definition) is 13. The van der Waals surface area contributed by atoms with Gasteiger partial charge in [-0.3, -0.25) is 4.79 Å². The normalized spacial score (nSPS) is 26.3. The molecule has 2 aliphatic rings. The van der Waals surface area contributed by atoms with Crippen LogP contribution in [0.1, 0.15) is 226 Å². The number of hydrogen-bond donors (Lipinski definition) is 9. The second kappa shape index (κ2) is 41.9. The number of aliphatic hydroxyl groups is 8. The van der Waals surface area contributed by atoms with Crippen LogP contribution in [-0.4, -0.2) is 140 Å². The van der Waals surface area contributed by atoms with Crippen LogP contribution in [0.15, 0.2) is 24.3 Å². The van der Waals surface area contributed by atoms with Crippen molar-refractivity contribution < 1.29 is 64.6 Å². The van der Waals surface area contributed by atoms with Crippen molar-refractivity contribution >= 4 is 5.91 Å². The third kappa shape index (κ3) is 28.5. The van der Waals surface area contributed by atoms with Gasteiger partial charge in [-0.2, -0.15) is 0 Å². The average Bonchev–Trinajstić information content (AvgIpc) is 3.35. The molecular weight excluding hydrogens is 883 g/mol. The Balaban J connectivity index is 1.75. The molecule has 2 saturated heterocycles. The van der Waals surface area contributed by atoms with Gasteiger partial charge in [0.05, 0.1) is 32.0 Å². The summed E-state index contributed by atoms with van der Waals surface area (Å²) in [6.07, 6.45) is 31.0. The molecule has 2 heterocycles. The second-order valence-corrected chi connectivity index (χ2v) is 20.1. The van der Waals surface area contributed by atoms with Gasteiger partial charge < -0.3 is 65.1 Å². The summed E-state index contributed by atoms with van der Waals surface area (Å²) in [7, 11) is 0. The van der Waals surface area contributed by atoms with Crippen molar-refractivity contribution in [3.63, 3.8) is 0 Å².